The molecule has 2 aromatic carbocycles. The maximum absolute atomic E-state index is 12.7. The van der Waals surface area contributed by atoms with Crippen LogP contribution in [0.5, 0.6) is 11.5 Å². The highest BCUT2D eigenvalue weighted by Crippen LogP contribution is 2.40. The molecule has 32 heavy (non-hydrogen) atoms. The van der Waals surface area contributed by atoms with Crippen LogP contribution in [0.3, 0.4) is 0 Å². The van der Waals surface area contributed by atoms with Crippen LogP contribution in [0, 0.1) is 11.3 Å². The standard InChI is InChI=1S/C24H23BrN2O5/c1-4-30-24(28)21-14(2)32-23(27)19(12-26)22(21)15-8-9-20(29-3)16(10-15)13-31-18-7-5-6-17(25)11-18/h5-11,22H,4,13,27H2,1-3H3/t22-/m1/s1. The zero-order valence-corrected chi connectivity index (χ0v) is 19.6. The summed E-state index contributed by atoms with van der Waals surface area (Å²) in [6, 6.07) is 15.0. The van der Waals surface area contributed by atoms with Crippen molar-refractivity contribution in [1.29, 1.82) is 5.26 Å². The van der Waals surface area contributed by atoms with Crippen LogP contribution in [-0.4, -0.2) is 19.7 Å². The van der Waals surface area contributed by atoms with Crippen LogP contribution >= 0.6 is 15.9 Å². The minimum absolute atomic E-state index is 0.0363. The summed E-state index contributed by atoms with van der Waals surface area (Å²) in [6.45, 7) is 3.75. The Morgan fingerprint density at radius 3 is 2.72 bits per heavy atom. The molecule has 2 aromatic rings. The van der Waals surface area contributed by atoms with Crippen molar-refractivity contribution in [2.75, 3.05) is 13.7 Å². The highest BCUT2D eigenvalue weighted by atomic mass is 79.9. The first-order valence-corrected chi connectivity index (χ1v) is 10.7. The Kier molecular flexibility index (Phi) is 7.44. The molecule has 0 spiro atoms. The second kappa shape index (κ2) is 10.2. The third-order valence-electron chi connectivity index (χ3n) is 4.93. The summed E-state index contributed by atoms with van der Waals surface area (Å²) in [4.78, 5) is 12.7. The number of ether oxygens (including phenoxy) is 4. The molecule has 8 heteroatoms. The zero-order chi connectivity index (χ0) is 23.3. The number of carbonyl (C=O) groups excluding carboxylic acids is 1. The van der Waals surface area contributed by atoms with E-state index in [1.54, 1.807) is 33.1 Å². The normalized spacial score (nSPS) is 15.7. The predicted octanol–water partition coefficient (Wildman–Crippen LogP) is 4.68. The van der Waals surface area contributed by atoms with Gasteiger partial charge in [0.15, 0.2) is 0 Å². The fourth-order valence-electron chi connectivity index (χ4n) is 3.50. The minimum Gasteiger partial charge on any atom is -0.496 e. The average molecular weight is 499 g/mol. The van der Waals surface area contributed by atoms with E-state index in [2.05, 4.69) is 22.0 Å². The van der Waals surface area contributed by atoms with Crippen molar-refractivity contribution in [3.63, 3.8) is 0 Å². The molecule has 0 amide bonds. The van der Waals surface area contributed by atoms with E-state index in [9.17, 15) is 10.1 Å². The van der Waals surface area contributed by atoms with E-state index in [0.717, 1.165) is 10.0 Å². The lowest BCUT2D eigenvalue weighted by Gasteiger charge is -2.27. The van der Waals surface area contributed by atoms with E-state index in [4.69, 9.17) is 24.7 Å². The highest BCUT2D eigenvalue weighted by Gasteiger charge is 2.36. The number of nitrogens with two attached hydrogens (primary N) is 1. The summed E-state index contributed by atoms with van der Waals surface area (Å²) < 4.78 is 23.0. The van der Waals surface area contributed by atoms with Gasteiger partial charge >= 0.3 is 5.97 Å². The number of nitrogens with zero attached hydrogens (tertiary/aromatic N) is 1. The van der Waals surface area contributed by atoms with Gasteiger partial charge in [-0.3, -0.25) is 0 Å². The number of benzene rings is 2. The Balaban J connectivity index is 2.03. The maximum atomic E-state index is 12.7. The second-order valence-electron chi connectivity index (χ2n) is 6.93. The lowest BCUT2D eigenvalue weighted by Crippen LogP contribution is -2.25. The van der Waals surface area contributed by atoms with Crippen LogP contribution < -0.4 is 15.2 Å². The number of hydrogen-bond donors (Lipinski definition) is 1. The molecule has 1 aliphatic heterocycles. The van der Waals surface area contributed by atoms with E-state index in [1.165, 1.54) is 0 Å². The fourth-order valence-corrected chi connectivity index (χ4v) is 3.88. The summed E-state index contributed by atoms with van der Waals surface area (Å²) in [5, 5.41) is 9.76. The number of hydrogen-bond acceptors (Lipinski definition) is 7. The summed E-state index contributed by atoms with van der Waals surface area (Å²) >= 11 is 3.43. The molecule has 3 rings (SSSR count). The number of methoxy groups -OCH3 is 1. The van der Waals surface area contributed by atoms with Crippen molar-refractivity contribution in [2.45, 2.75) is 26.4 Å². The zero-order valence-electron chi connectivity index (χ0n) is 18.0. The van der Waals surface area contributed by atoms with Crippen LogP contribution in [0.4, 0.5) is 0 Å². The van der Waals surface area contributed by atoms with Gasteiger partial charge in [0.2, 0.25) is 5.88 Å². The van der Waals surface area contributed by atoms with Crippen molar-refractivity contribution in [3.8, 4) is 17.6 Å². The number of esters is 1. The van der Waals surface area contributed by atoms with Gasteiger partial charge in [-0.2, -0.15) is 5.26 Å². The van der Waals surface area contributed by atoms with Crippen molar-refractivity contribution in [2.24, 2.45) is 5.73 Å². The second-order valence-corrected chi connectivity index (χ2v) is 7.85. The molecule has 1 atom stereocenters. The molecule has 0 saturated heterocycles. The third-order valence-corrected chi connectivity index (χ3v) is 5.42. The van der Waals surface area contributed by atoms with Gasteiger partial charge in [-0.05, 0) is 49.7 Å². The van der Waals surface area contributed by atoms with Gasteiger partial charge < -0.3 is 24.7 Å². The smallest absolute Gasteiger partial charge is 0.338 e. The Bertz CT molecular complexity index is 1130. The van der Waals surface area contributed by atoms with E-state index in [0.29, 0.717) is 22.8 Å². The van der Waals surface area contributed by atoms with Crippen molar-refractivity contribution >= 4 is 21.9 Å². The van der Waals surface area contributed by atoms with E-state index < -0.39 is 11.9 Å². The summed E-state index contributed by atoms with van der Waals surface area (Å²) in [5.74, 6) is 0.271. The molecule has 0 saturated carbocycles. The van der Waals surface area contributed by atoms with Gasteiger partial charge in [-0.1, -0.05) is 28.1 Å². The molecule has 0 radical (unpaired) electrons. The summed E-state index contributed by atoms with van der Waals surface area (Å²) in [6.07, 6.45) is 0. The van der Waals surface area contributed by atoms with Gasteiger partial charge in [0.05, 0.1) is 25.2 Å². The SMILES string of the molecule is CCOC(=O)C1=C(C)OC(N)=C(C#N)[C@H]1c1ccc(OC)c(COc2cccc(Br)c2)c1. The van der Waals surface area contributed by atoms with Gasteiger partial charge in [0, 0.05) is 10.0 Å². The number of rotatable bonds is 7. The topological polar surface area (TPSA) is 104 Å². The highest BCUT2D eigenvalue weighted by molar-refractivity contribution is 9.10. The van der Waals surface area contributed by atoms with Crippen molar-refractivity contribution < 1.29 is 23.7 Å². The molecule has 0 bridgehead atoms. The Labute approximate surface area is 195 Å². The largest absolute Gasteiger partial charge is 0.496 e. The van der Waals surface area contributed by atoms with E-state index >= 15 is 0 Å². The first-order valence-electron chi connectivity index (χ1n) is 9.90. The maximum Gasteiger partial charge on any atom is 0.338 e. The van der Waals surface area contributed by atoms with Crippen molar-refractivity contribution in [3.05, 3.63) is 80.9 Å². The fraction of sp³-hybridized carbons (Fsp3) is 0.250. The molecule has 1 aliphatic rings. The molecular formula is C24H23BrN2O5. The van der Waals surface area contributed by atoms with E-state index in [-0.39, 0.29) is 30.2 Å². The van der Waals surface area contributed by atoms with Gasteiger partial charge in [-0.15, -0.1) is 0 Å². The van der Waals surface area contributed by atoms with Gasteiger partial charge in [0.25, 0.3) is 0 Å². The van der Waals surface area contributed by atoms with Crippen LogP contribution in [0.1, 0.15) is 30.9 Å². The molecule has 2 N–H and O–H groups in total. The lowest BCUT2D eigenvalue weighted by molar-refractivity contribution is -0.139. The summed E-state index contributed by atoms with van der Waals surface area (Å²) in [7, 11) is 1.57. The molecule has 0 aliphatic carbocycles. The molecule has 1 heterocycles. The van der Waals surface area contributed by atoms with Crippen LogP contribution in [0.25, 0.3) is 0 Å². The third kappa shape index (κ3) is 4.89. The number of allylic oxidation sites excluding steroid dienone is 2. The molecule has 0 fully saturated rings. The molecule has 0 aromatic heterocycles. The van der Waals surface area contributed by atoms with E-state index in [1.807, 2.05) is 30.3 Å². The Morgan fingerprint density at radius 2 is 2.06 bits per heavy atom. The lowest BCUT2D eigenvalue weighted by atomic mass is 9.82. The first-order chi connectivity index (χ1) is 15.4. The predicted molar refractivity (Wildman–Crippen MR) is 121 cm³/mol. The monoisotopic (exact) mass is 498 g/mol. The van der Waals surface area contributed by atoms with Crippen molar-refractivity contribution in [1.82, 2.24) is 0 Å². The van der Waals surface area contributed by atoms with Gasteiger partial charge in [0.1, 0.15) is 35.5 Å². The minimum atomic E-state index is -0.733. The Hall–Kier alpha value is -3.44. The first kappa shape index (κ1) is 23.2. The average Bonchev–Trinajstić information content (AvgIpc) is 2.77. The van der Waals surface area contributed by atoms with Crippen LogP contribution in [0.2, 0.25) is 0 Å². The molecule has 7 nitrogen and oxygen atoms in total. The molecule has 166 valence electrons. The van der Waals surface area contributed by atoms with Crippen LogP contribution in [-0.2, 0) is 20.9 Å². The Morgan fingerprint density at radius 1 is 1.28 bits per heavy atom. The quantitative estimate of drug-likeness (QED) is 0.552. The summed E-state index contributed by atoms with van der Waals surface area (Å²) in [5.41, 5.74) is 7.77. The number of nitriles is 1. The number of halogens is 1. The molecular weight excluding hydrogens is 476 g/mol. The molecule has 0 unspecified atom stereocenters. The van der Waals surface area contributed by atoms with Gasteiger partial charge in [-0.25, -0.2) is 4.79 Å². The number of carbonyl (C=O) groups is 1. The van der Waals surface area contributed by atoms with Crippen LogP contribution in [0.15, 0.2) is 69.7 Å².